The maximum atomic E-state index is 13.4. The quantitative estimate of drug-likeness (QED) is 0.239. The van der Waals surface area contributed by atoms with Crippen molar-refractivity contribution >= 4 is 57.7 Å². The van der Waals surface area contributed by atoms with Gasteiger partial charge >= 0.3 is 0 Å². The molecule has 180 valence electrons. The zero-order chi connectivity index (χ0) is 25.2. The Kier molecular flexibility index (Phi) is 6.17. The van der Waals surface area contributed by atoms with E-state index in [1.165, 1.54) is 36.6 Å². The van der Waals surface area contributed by atoms with Gasteiger partial charge in [0, 0.05) is 22.7 Å². The summed E-state index contributed by atoms with van der Waals surface area (Å²) in [6.07, 6.45) is 4.71. The number of fused-ring (bicyclic) bond motifs is 1. The number of rotatable bonds is 6. The molecular formula is C26H19FN4O4S. The third-order valence-electron chi connectivity index (χ3n) is 5.66. The minimum absolute atomic E-state index is 0.0241. The Hall–Kier alpha value is -4.57. The molecule has 3 amide bonds. The van der Waals surface area contributed by atoms with E-state index >= 15 is 0 Å². The number of thiocarbonyl (C=S) groups is 1. The number of carbonyl (C=O) groups is 3. The maximum absolute atomic E-state index is 13.4. The summed E-state index contributed by atoms with van der Waals surface area (Å²) < 4.78 is 20.4. The van der Waals surface area contributed by atoms with Crippen molar-refractivity contribution in [3.63, 3.8) is 0 Å². The second-order valence-corrected chi connectivity index (χ2v) is 8.41. The fourth-order valence-corrected chi connectivity index (χ4v) is 4.25. The molecule has 4 aromatic rings. The molecule has 0 saturated carbocycles. The van der Waals surface area contributed by atoms with Crippen LogP contribution in [-0.4, -0.2) is 27.4 Å². The Morgan fingerprint density at radius 3 is 2.61 bits per heavy atom. The van der Waals surface area contributed by atoms with Gasteiger partial charge in [0.15, 0.2) is 5.11 Å². The van der Waals surface area contributed by atoms with Crippen molar-refractivity contribution < 1.29 is 23.2 Å². The molecule has 8 nitrogen and oxygen atoms in total. The van der Waals surface area contributed by atoms with E-state index in [9.17, 15) is 18.8 Å². The van der Waals surface area contributed by atoms with Gasteiger partial charge in [0.2, 0.25) is 5.91 Å². The standard InChI is InChI=1S/C26H19FN4O4S/c27-17-7-9-18(10-8-17)31-25(34)21(24(33)29-26(31)36)12-16-14-30(22-6-2-1-5-20(16)22)15-23(32)28-13-19-4-3-11-35-19/h1-12,14H,13,15H2,(H,28,32)(H,29,33,36)/b21-12+. The summed E-state index contributed by atoms with van der Waals surface area (Å²) in [7, 11) is 0. The molecule has 36 heavy (non-hydrogen) atoms. The van der Waals surface area contributed by atoms with Crippen molar-refractivity contribution in [2.75, 3.05) is 4.90 Å². The first kappa shape index (κ1) is 23.2. The first-order valence-electron chi connectivity index (χ1n) is 10.9. The average Bonchev–Trinajstić information content (AvgIpc) is 3.50. The Morgan fingerprint density at radius 1 is 1.08 bits per heavy atom. The summed E-state index contributed by atoms with van der Waals surface area (Å²) in [5, 5.41) is 5.98. The first-order valence-corrected chi connectivity index (χ1v) is 11.4. The van der Waals surface area contributed by atoms with E-state index in [-0.39, 0.29) is 29.7 Å². The normalized spacial score (nSPS) is 15.0. The van der Waals surface area contributed by atoms with Crippen LogP contribution in [-0.2, 0) is 27.5 Å². The van der Waals surface area contributed by atoms with Crippen LogP contribution in [0.5, 0.6) is 0 Å². The number of halogens is 1. The van der Waals surface area contributed by atoms with E-state index in [1.807, 2.05) is 24.3 Å². The van der Waals surface area contributed by atoms with Crippen molar-refractivity contribution in [1.82, 2.24) is 15.2 Å². The number of hydrogen-bond donors (Lipinski definition) is 2. The number of para-hydroxylation sites is 1. The predicted octanol–water partition coefficient (Wildman–Crippen LogP) is 3.52. The molecule has 0 aliphatic carbocycles. The van der Waals surface area contributed by atoms with Crippen molar-refractivity contribution in [2.45, 2.75) is 13.1 Å². The van der Waals surface area contributed by atoms with Crippen LogP contribution in [0.15, 0.2) is 83.1 Å². The summed E-state index contributed by atoms with van der Waals surface area (Å²) >= 11 is 5.19. The number of amides is 3. The van der Waals surface area contributed by atoms with Crippen molar-refractivity contribution in [1.29, 1.82) is 0 Å². The number of carbonyl (C=O) groups excluding carboxylic acids is 3. The average molecular weight is 503 g/mol. The lowest BCUT2D eigenvalue weighted by atomic mass is 10.1. The van der Waals surface area contributed by atoms with Crippen LogP contribution in [0.1, 0.15) is 11.3 Å². The molecule has 0 spiro atoms. The summed E-state index contributed by atoms with van der Waals surface area (Å²) in [6, 6.07) is 16.1. The lowest BCUT2D eigenvalue weighted by Crippen LogP contribution is -2.54. The molecule has 2 aromatic heterocycles. The third kappa shape index (κ3) is 4.53. The molecule has 1 aliphatic rings. The lowest BCUT2D eigenvalue weighted by Gasteiger charge is -2.28. The Bertz CT molecular complexity index is 1520. The second kappa shape index (κ2) is 9.59. The minimum Gasteiger partial charge on any atom is -0.467 e. The Morgan fingerprint density at radius 2 is 1.86 bits per heavy atom. The van der Waals surface area contributed by atoms with Gasteiger partial charge in [-0.1, -0.05) is 18.2 Å². The SMILES string of the molecule is O=C(Cn1cc(/C=C2\C(=O)NC(=S)N(c3ccc(F)cc3)C2=O)c2ccccc21)NCc1ccco1. The van der Waals surface area contributed by atoms with E-state index in [4.69, 9.17) is 16.6 Å². The topological polar surface area (TPSA) is 96.6 Å². The van der Waals surface area contributed by atoms with E-state index < -0.39 is 17.6 Å². The molecule has 1 aliphatic heterocycles. The highest BCUT2D eigenvalue weighted by atomic mass is 32.1. The fraction of sp³-hybridized carbons (Fsp3) is 0.0769. The number of aromatic nitrogens is 1. The summed E-state index contributed by atoms with van der Waals surface area (Å²) in [5.74, 6) is -1.34. The highest BCUT2D eigenvalue weighted by Gasteiger charge is 2.34. The molecule has 1 saturated heterocycles. The molecular weight excluding hydrogens is 483 g/mol. The smallest absolute Gasteiger partial charge is 0.270 e. The summed E-state index contributed by atoms with van der Waals surface area (Å²) in [6.45, 7) is 0.284. The van der Waals surface area contributed by atoms with Crippen molar-refractivity contribution in [3.05, 3.63) is 95.8 Å². The molecule has 3 heterocycles. The van der Waals surface area contributed by atoms with E-state index in [1.54, 1.807) is 22.9 Å². The van der Waals surface area contributed by atoms with Gasteiger partial charge < -0.3 is 14.3 Å². The molecule has 0 bridgehead atoms. The van der Waals surface area contributed by atoms with Gasteiger partial charge in [-0.2, -0.15) is 0 Å². The van der Waals surface area contributed by atoms with Gasteiger partial charge in [0.05, 0.1) is 18.5 Å². The highest BCUT2D eigenvalue weighted by Crippen LogP contribution is 2.27. The molecule has 2 aromatic carbocycles. The third-order valence-corrected chi connectivity index (χ3v) is 5.94. The zero-order valence-electron chi connectivity index (χ0n) is 18.7. The maximum Gasteiger partial charge on any atom is 0.270 e. The molecule has 10 heteroatoms. The lowest BCUT2D eigenvalue weighted by molar-refractivity contribution is -0.123. The molecule has 2 N–H and O–H groups in total. The second-order valence-electron chi connectivity index (χ2n) is 8.02. The molecule has 0 radical (unpaired) electrons. The van der Waals surface area contributed by atoms with Gasteiger partial charge in [-0.3, -0.25) is 24.6 Å². The van der Waals surface area contributed by atoms with Gasteiger partial charge in [-0.05, 0) is 60.8 Å². The number of hydrogen-bond acceptors (Lipinski definition) is 5. The van der Waals surface area contributed by atoms with Crippen LogP contribution in [0.25, 0.3) is 17.0 Å². The van der Waals surface area contributed by atoms with Crippen LogP contribution < -0.4 is 15.5 Å². The fourth-order valence-electron chi connectivity index (χ4n) is 3.97. The molecule has 0 unspecified atom stereocenters. The Balaban J connectivity index is 1.45. The zero-order valence-corrected chi connectivity index (χ0v) is 19.5. The predicted molar refractivity (Wildman–Crippen MR) is 135 cm³/mol. The summed E-state index contributed by atoms with van der Waals surface area (Å²) in [5.41, 5.74) is 1.52. The van der Waals surface area contributed by atoms with E-state index in [0.29, 0.717) is 17.0 Å². The van der Waals surface area contributed by atoms with Crippen molar-refractivity contribution in [2.24, 2.45) is 0 Å². The van der Waals surface area contributed by atoms with Gasteiger partial charge in [-0.25, -0.2) is 4.39 Å². The molecule has 5 rings (SSSR count). The van der Waals surface area contributed by atoms with Crippen LogP contribution in [0.3, 0.4) is 0 Å². The molecule has 0 atom stereocenters. The number of nitrogens with one attached hydrogen (secondary N) is 2. The van der Waals surface area contributed by atoms with Crippen LogP contribution in [0, 0.1) is 5.82 Å². The first-order chi connectivity index (χ1) is 17.4. The van der Waals surface area contributed by atoms with Crippen LogP contribution in [0.2, 0.25) is 0 Å². The van der Waals surface area contributed by atoms with Gasteiger partial charge in [0.25, 0.3) is 11.8 Å². The van der Waals surface area contributed by atoms with E-state index in [0.717, 1.165) is 15.8 Å². The largest absolute Gasteiger partial charge is 0.467 e. The molecule has 1 fully saturated rings. The van der Waals surface area contributed by atoms with Gasteiger partial charge in [-0.15, -0.1) is 0 Å². The van der Waals surface area contributed by atoms with Crippen LogP contribution in [0.4, 0.5) is 10.1 Å². The highest BCUT2D eigenvalue weighted by molar-refractivity contribution is 7.80. The minimum atomic E-state index is -0.642. The van der Waals surface area contributed by atoms with Gasteiger partial charge in [0.1, 0.15) is 23.7 Å². The van der Waals surface area contributed by atoms with Crippen LogP contribution >= 0.6 is 12.2 Å². The number of furan rings is 1. The summed E-state index contributed by atoms with van der Waals surface area (Å²) in [4.78, 5) is 39.7. The monoisotopic (exact) mass is 502 g/mol. The van der Waals surface area contributed by atoms with Crippen molar-refractivity contribution in [3.8, 4) is 0 Å². The number of benzene rings is 2. The Labute approximate surface area is 210 Å². The van der Waals surface area contributed by atoms with E-state index in [2.05, 4.69) is 10.6 Å². The number of anilines is 1. The number of nitrogens with zero attached hydrogens (tertiary/aromatic N) is 2.